The molecule has 1 amide bonds. The lowest BCUT2D eigenvalue weighted by atomic mass is 9.99. The highest BCUT2D eigenvalue weighted by Gasteiger charge is 2.44. The molecule has 0 spiro atoms. The van der Waals surface area contributed by atoms with Gasteiger partial charge in [-0.2, -0.15) is 0 Å². The van der Waals surface area contributed by atoms with Crippen molar-refractivity contribution in [1.29, 1.82) is 0 Å². The molecule has 0 radical (unpaired) electrons. The molecule has 10 nitrogen and oxygen atoms in total. The molecule has 2 aromatic rings. The second-order valence-corrected chi connectivity index (χ2v) is 8.71. The summed E-state index contributed by atoms with van der Waals surface area (Å²) in [5, 5.41) is 60.8. The molecule has 10 heteroatoms. The standard InChI is InChI=1S/C24H31NO9/c1-13-8-15(14-4-3-5-16(9-14)22(32)25-24(2,11-27)12-28)6-7-17(13)33-23-21(31)20(30)19(29)18(10-26)34-23/h3-9,18-21,23,26-31H,10-12H2,1-2H3,(H,25,32). The van der Waals surface area contributed by atoms with Crippen LogP contribution in [0.25, 0.3) is 11.1 Å². The first-order valence-electron chi connectivity index (χ1n) is 10.8. The number of hydrogen-bond acceptors (Lipinski definition) is 9. The maximum absolute atomic E-state index is 12.6. The third-order valence-electron chi connectivity index (χ3n) is 5.84. The van der Waals surface area contributed by atoms with Gasteiger partial charge in [0.15, 0.2) is 0 Å². The summed E-state index contributed by atoms with van der Waals surface area (Å²) in [5.74, 6) is -0.0737. The zero-order chi connectivity index (χ0) is 25.0. The lowest BCUT2D eigenvalue weighted by Crippen LogP contribution is -2.60. The third-order valence-corrected chi connectivity index (χ3v) is 5.84. The van der Waals surface area contributed by atoms with Gasteiger partial charge in [0.2, 0.25) is 6.29 Å². The minimum atomic E-state index is -1.54. The van der Waals surface area contributed by atoms with E-state index >= 15 is 0 Å². The van der Waals surface area contributed by atoms with Crippen molar-refractivity contribution in [2.24, 2.45) is 0 Å². The highest BCUT2D eigenvalue weighted by atomic mass is 16.7. The van der Waals surface area contributed by atoms with Crippen LogP contribution in [0.3, 0.4) is 0 Å². The number of carbonyl (C=O) groups excluding carboxylic acids is 1. The summed E-state index contributed by atoms with van der Waals surface area (Å²) in [6.45, 7) is 1.93. The van der Waals surface area contributed by atoms with Crippen LogP contribution in [-0.4, -0.2) is 92.6 Å². The Hall–Kier alpha value is -2.57. The SMILES string of the molecule is Cc1cc(-c2cccc(C(=O)NC(C)(CO)CO)c2)ccc1OC1OC(CO)C(O)C(O)C1O. The van der Waals surface area contributed by atoms with Gasteiger partial charge in [0, 0.05) is 5.56 Å². The Bertz CT molecular complexity index is 992. The van der Waals surface area contributed by atoms with Crippen LogP contribution < -0.4 is 10.1 Å². The fourth-order valence-corrected chi connectivity index (χ4v) is 3.57. The first-order chi connectivity index (χ1) is 16.1. The molecule has 3 rings (SSSR count). The van der Waals surface area contributed by atoms with E-state index in [0.717, 1.165) is 11.1 Å². The minimum Gasteiger partial charge on any atom is -0.462 e. The van der Waals surface area contributed by atoms with E-state index in [1.165, 1.54) is 6.92 Å². The first-order valence-corrected chi connectivity index (χ1v) is 10.8. The molecule has 186 valence electrons. The van der Waals surface area contributed by atoms with Gasteiger partial charge in [-0.25, -0.2) is 0 Å². The summed E-state index contributed by atoms with van der Waals surface area (Å²) in [7, 11) is 0. The van der Waals surface area contributed by atoms with Crippen molar-refractivity contribution in [3.63, 3.8) is 0 Å². The normalized spacial score (nSPS) is 25.1. The molecule has 0 aliphatic carbocycles. The molecular formula is C24H31NO9. The molecule has 5 atom stereocenters. The number of aliphatic hydroxyl groups is 6. The maximum atomic E-state index is 12.6. The second kappa shape index (κ2) is 10.8. The Labute approximate surface area is 197 Å². The maximum Gasteiger partial charge on any atom is 0.251 e. The number of rotatable bonds is 8. The Morgan fingerprint density at radius 2 is 1.68 bits per heavy atom. The predicted molar refractivity (Wildman–Crippen MR) is 121 cm³/mol. The van der Waals surface area contributed by atoms with Gasteiger partial charge >= 0.3 is 0 Å². The van der Waals surface area contributed by atoms with Crippen LogP contribution in [0.15, 0.2) is 42.5 Å². The Balaban J connectivity index is 1.78. The summed E-state index contributed by atoms with van der Waals surface area (Å²) < 4.78 is 11.1. The average molecular weight is 478 g/mol. The lowest BCUT2D eigenvalue weighted by Gasteiger charge is -2.39. The van der Waals surface area contributed by atoms with Gasteiger partial charge in [0.05, 0.1) is 25.4 Å². The van der Waals surface area contributed by atoms with Gasteiger partial charge in [-0.3, -0.25) is 4.79 Å². The van der Waals surface area contributed by atoms with Crippen molar-refractivity contribution in [3.8, 4) is 16.9 Å². The number of benzene rings is 2. The van der Waals surface area contributed by atoms with Crippen LogP contribution in [0.2, 0.25) is 0 Å². The second-order valence-electron chi connectivity index (χ2n) is 8.71. The molecule has 1 aliphatic heterocycles. The number of hydrogen-bond donors (Lipinski definition) is 7. The summed E-state index contributed by atoms with van der Waals surface area (Å²) >= 11 is 0. The van der Waals surface area contributed by atoms with E-state index in [-0.39, 0.29) is 0 Å². The summed E-state index contributed by atoms with van der Waals surface area (Å²) in [6, 6.07) is 12.0. The molecule has 1 aliphatic rings. The zero-order valence-electron chi connectivity index (χ0n) is 19.0. The number of nitrogens with one attached hydrogen (secondary N) is 1. The van der Waals surface area contributed by atoms with Gasteiger partial charge in [-0.15, -0.1) is 0 Å². The molecule has 5 unspecified atom stereocenters. The number of aryl methyl sites for hydroxylation is 1. The summed E-state index contributed by atoms with van der Waals surface area (Å²) in [4.78, 5) is 12.6. The Morgan fingerprint density at radius 1 is 1.00 bits per heavy atom. The molecular weight excluding hydrogens is 446 g/mol. The molecule has 0 bridgehead atoms. The molecule has 1 fully saturated rings. The van der Waals surface area contributed by atoms with E-state index in [9.17, 15) is 35.4 Å². The van der Waals surface area contributed by atoms with Gasteiger partial charge in [0.1, 0.15) is 30.2 Å². The van der Waals surface area contributed by atoms with Crippen molar-refractivity contribution in [2.45, 2.75) is 50.1 Å². The van der Waals surface area contributed by atoms with Gasteiger partial charge in [-0.05, 0) is 54.8 Å². The van der Waals surface area contributed by atoms with E-state index < -0.39 is 62.0 Å². The monoisotopic (exact) mass is 477 g/mol. The van der Waals surface area contributed by atoms with Crippen LogP contribution in [-0.2, 0) is 4.74 Å². The highest BCUT2D eigenvalue weighted by Crippen LogP contribution is 2.30. The lowest BCUT2D eigenvalue weighted by molar-refractivity contribution is -0.277. The topological polar surface area (TPSA) is 169 Å². The smallest absolute Gasteiger partial charge is 0.251 e. The van der Waals surface area contributed by atoms with Crippen molar-refractivity contribution in [1.82, 2.24) is 5.32 Å². The zero-order valence-corrected chi connectivity index (χ0v) is 19.0. The van der Waals surface area contributed by atoms with Crippen molar-refractivity contribution in [2.75, 3.05) is 19.8 Å². The van der Waals surface area contributed by atoms with E-state index in [4.69, 9.17) is 9.47 Å². The fraction of sp³-hybridized carbons (Fsp3) is 0.458. The summed E-state index contributed by atoms with van der Waals surface area (Å²) in [5.41, 5.74) is 1.40. The summed E-state index contributed by atoms with van der Waals surface area (Å²) in [6.07, 6.45) is -6.89. The Morgan fingerprint density at radius 3 is 2.29 bits per heavy atom. The van der Waals surface area contributed by atoms with Crippen molar-refractivity contribution < 1.29 is 44.9 Å². The van der Waals surface area contributed by atoms with E-state index in [0.29, 0.717) is 16.9 Å². The van der Waals surface area contributed by atoms with E-state index in [1.807, 2.05) is 12.1 Å². The predicted octanol–water partition coefficient (Wildman–Crippen LogP) is -0.686. The number of aliphatic hydroxyl groups excluding tert-OH is 6. The fourth-order valence-electron chi connectivity index (χ4n) is 3.57. The van der Waals surface area contributed by atoms with Crippen LogP contribution in [0.5, 0.6) is 5.75 Å². The van der Waals surface area contributed by atoms with Gasteiger partial charge in [0.25, 0.3) is 5.91 Å². The molecule has 1 saturated heterocycles. The first kappa shape index (κ1) is 26.0. The quantitative estimate of drug-likeness (QED) is 0.260. The van der Waals surface area contributed by atoms with Gasteiger partial charge in [-0.1, -0.05) is 18.2 Å². The largest absolute Gasteiger partial charge is 0.462 e. The molecule has 0 saturated carbocycles. The molecule has 0 aromatic heterocycles. The number of carbonyl (C=O) groups is 1. The van der Waals surface area contributed by atoms with Crippen molar-refractivity contribution in [3.05, 3.63) is 53.6 Å². The van der Waals surface area contributed by atoms with Crippen molar-refractivity contribution >= 4 is 5.91 Å². The van der Waals surface area contributed by atoms with Crippen LogP contribution in [0, 0.1) is 6.92 Å². The number of amides is 1. The average Bonchev–Trinajstić information content (AvgIpc) is 2.85. The minimum absolute atomic E-state index is 0.352. The molecule has 7 N–H and O–H groups in total. The molecule has 1 heterocycles. The molecule has 34 heavy (non-hydrogen) atoms. The van der Waals surface area contributed by atoms with Crippen LogP contribution >= 0.6 is 0 Å². The number of ether oxygens (including phenoxy) is 2. The third kappa shape index (κ3) is 5.56. The highest BCUT2D eigenvalue weighted by molar-refractivity contribution is 5.96. The van der Waals surface area contributed by atoms with Crippen LogP contribution in [0.1, 0.15) is 22.8 Å². The van der Waals surface area contributed by atoms with E-state index in [2.05, 4.69) is 5.32 Å². The molecule has 2 aromatic carbocycles. The van der Waals surface area contributed by atoms with E-state index in [1.54, 1.807) is 37.3 Å². The van der Waals surface area contributed by atoms with Gasteiger partial charge < -0.3 is 45.4 Å². The van der Waals surface area contributed by atoms with Crippen LogP contribution in [0.4, 0.5) is 0 Å². The Kier molecular flexibility index (Phi) is 8.26.